The van der Waals surface area contributed by atoms with E-state index in [1.54, 1.807) is 18.2 Å². The molecule has 1 aliphatic heterocycles. The second-order valence-electron chi connectivity index (χ2n) is 12.5. The number of anilines is 3. The van der Waals surface area contributed by atoms with Crippen LogP contribution in [0.3, 0.4) is 0 Å². The van der Waals surface area contributed by atoms with Crippen LogP contribution in [0.25, 0.3) is 11.1 Å². The Balaban J connectivity index is 1.33. The molecule has 2 amide bonds. The van der Waals surface area contributed by atoms with Crippen LogP contribution in [0.1, 0.15) is 65.0 Å². The van der Waals surface area contributed by atoms with Gasteiger partial charge in [0.25, 0.3) is 11.8 Å². The van der Waals surface area contributed by atoms with E-state index in [1.807, 2.05) is 24.3 Å². The van der Waals surface area contributed by atoms with E-state index in [0.29, 0.717) is 28.9 Å². The highest BCUT2D eigenvalue weighted by atomic mass is 19.4. The van der Waals surface area contributed by atoms with Crippen molar-refractivity contribution < 1.29 is 22.8 Å². The van der Waals surface area contributed by atoms with Gasteiger partial charge in [-0.1, -0.05) is 38.1 Å². The van der Waals surface area contributed by atoms with Gasteiger partial charge in [0.15, 0.2) is 0 Å². The SMILES string of the molecule is CCN(CC)CCN(C)Cc1cccc(C(=O)Nc2ccc(N3CCCCC3)cc2C(=O)Nc2ncc(-c3cccc(C(F)(F)F)c3)cn2)c1. The zero-order valence-corrected chi connectivity index (χ0v) is 28.8. The largest absolute Gasteiger partial charge is 0.416 e. The lowest BCUT2D eigenvalue weighted by atomic mass is 10.1. The number of nitrogens with zero attached hydrogens (tertiary/aromatic N) is 5. The van der Waals surface area contributed by atoms with Gasteiger partial charge in [0.05, 0.1) is 16.8 Å². The van der Waals surface area contributed by atoms with Crippen molar-refractivity contribution in [2.45, 2.75) is 45.8 Å². The summed E-state index contributed by atoms with van der Waals surface area (Å²) >= 11 is 0. The van der Waals surface area contributed by atoms with Gasteiger partial charge < -0.3 is 20.0 Å². The molecule has 12 heteroatoms. The molecule has 0 saturated carbocycles. The highest BCUT2D eigenvalue weighted by Gasteiger charge is 2.30. The minimum Gasteiger partial charge on any atom is -0.372 e. The number of nitrogens with one attached hydrogen (secondary N) is 2. The van der Waals surface area contributed by atoms with E-state index in [9.17, 15) is 22.8 Å². The Hall–Kier alpha value is -4.81. The van der Waals surface area contributed by atoms with Gasteiger partial charge in [-0.25, -0.2) is 9.97 Å². The van der Waals surface area contributed by atoms with E-state index in [4.69, 9.17) is 0 Å². The van der Waals surface area contributed by atoms with Crippen LogP contribution in [0.2, 0.25) is 0 Å². The molecule has 1 aliphatic rings. The Labute approximate surface area is 291 Å². The highest BCUT2D eigenvalue weighted by Crippen LogP contribution is 2.32. The molecule has 1 saturated heterocycles. The first kappa shape index (κ1) is 36.5. The zero-order valence-electron chi connectivity index (χ0n) is 28.8. The van der Waals surface area contributed by atoms with Crippen LogP contribution in [0, 0.1) is 0 Å². The molecular weight excluding hydrogens is 643 g/mol. The summed E-state index contributed by atoms with van der Waals surface area (Å²) in [6, 6.07) is 17.7. The lowest BCUT2D eigenvalue weighted by molar-refractivity contribution is -0.137. The molecule has 1 fully saturated rings. The van der Waals surface area contributed by atoms with Crippen molar-refractivity contribution in [2.24, 2.45) is 0 Å². The molecule has 9 nitrogen and oxygen atoms in total. The molecule has 2 heterocycles. The number of amides is 2. The Morgan fingerprint density at radius 1 is 0.820 bits per heavy atom. The monoisotopic (exact) mass is 687 g/mol. The molecule has 50 heavy (non-hydrogen) atoms. The molecular formula is C38H44F3N7O2. The molecule has 4 aromatic rings. The smallest absolute Gasteiger partial charge is 0.372 e. The summed E-state index contributed by atoms with van der Waals surface area (Å²) in [5.41, 5.74) is 2.79. The molecule has 264 valence electrons. The summed E-state index contributed by atoms with van der Waals surface area (Å²) in [7, 11) is 2.06. The fourth-order valence-electron chi connectivity index (χ4n) is 6.01. The fourth-order valence-corrected chi connectivity index (χ4v) is 6.01. The van der Waals surface area contributed by atoms with Gasteiger partial charge >= 0.3 is 6.18 Å². The van der Waals surface area contributed by atoms with E-state index in [2.05, 4.69) is 56.2 Å². The number of piperidine rings is 1. The van der Waals surface area contributed by atoms with Crippen molar-refractivity contribution in [1.82, 2.24) is 19.8 Å². The molecule has 1 aromatic heterocycles. The molecule has 2 N–H and O–H groups in total. The summed E-state index contributed by atoms with van der Waals surface area (Å²) in [5, 5.41) is 5.63. The Bertz CT molecular complexity index is 1750. The number of benzene rings is 3. The normalized spacial score (nSPS) is 13.5. The second kappa shape index (κ2) is 16.7. The van der Waals surface area contributed by atoms with Gasteiger partial charge in [0, 0.05) is 61.9 Å². The number of rotatable bonds is 13. The Morgan fingerprint density at radius 3 is 2.24 bits per heavy atom. The van der Waals surface area contributed by atoms with Crippen molar-refractivity contribution in [1.29, 1.82) is 0 Å². The first-order chi connectivity index (χ1) is 24.0. The summed E-state index contributed by atoms with van der Waals surface area (Å²) in [6.45, 7) is 10.6. The zero-order chi connectivity index (χ0) is 35.7. The Morgan fingerprint density at radius 2 is 1.54 bits per heavy atom. The summed E-state index contributed by atoms with van der Waals surface area (Å²) in [4.78, 5) is 42.5. The molecule has 0 unspecified atom stereocenters. The average Bonchev–Trinajstić information content (AvgIpc) is 3.12. The van der Waals surface area contributed by atoms with Gasteiger partial charge in [-0.2, -0.15) is 13.2 Å². The first-order valence-electron chi connectivity index (χ1n) is 17.0. The molecule has 0 atom stereocenters. The number of carbonyl (C=O) groups excluding carboxylic acids is 2. The number of likely N-dealkylation sites (N-methyl/N-ethyl adjacent to an activating group) is 2. The van der Waals surface area contributed by atoms with Gasteiger partial charge in [-0.3, -0.25) is 14.9 Å². The van der Waals surface area contributed by atoms with Crippen molar-refractivity contribution in [3.63, 3.8) is 0 Å². The molecule has 0 bridgehead atoms. The van der Waals surface area contributed by atoms with Crippen molar-refractivity contribution in [3.05, 3.63) is 101 Å². The number of carbonyl (C=O) groups is 2. The van der Waals surface area contributed by atoms with E-state index in [1.165, 1.54) is 24.5 Å². The molecule has 5 rings (SSSR count). The van der Waals surface area contributed by atoms with E-state index < -0.39 is 17.6 Å². The van der Waals surface area contributed by atoms with Crippen LogP contribution in [0.15, 0.2) is 79.1 Å². The third-order valence-electron chi connectivity index (χ3n) is 8.95. The van der Waals surface area contributed by atoms with Crippen molar-refractivity contribution in [2.75, 3.05) is 61.8 Å². The Kier molecular flexibility index (Phi) is 12.2. The maximum absolute atomic E-state index is 13.7. The predicted molar refractivity (Wildman–Crippen MR) is 191 cm³/mol. The van der Waals surface area contributed by atoms with Crippen LogP contribution in [0.4, 0.5) is 30.5 Å². The summed E-state index contributed by atoms with van der Waals surface area (Å²) in [6.07, 6.45) is 1.49. The second-order valence-corrected chi connectivity index (χ2v) is 12.5. The van der Waals surface area contributed by atoms with Gasteiger partial charge in [0.1, 0.15) is 0 Å². The standard InChI is InChI=1S/C38H44F3N7O2/c1-4-47(5-2)20-19-46(3)26-27-11-9-13-29(21-27)35(49)44-34-16-15-32(48-17-7-6-8-18-48)23-33(34)36(50)45-37-42-24-30(25-43-37)28-12-10-14-31(22-28)38(39,40)41/h9-16,21-25H,4-8,17-20,26H2,1-3H3,(H,44,49)(H,42,43,45,50). The molecule has 0 aliphatic carbocycles. The van der Waals surface area contributed by atoms with Gasteiger partial charge in [-0.15, -0.1) is 0 Å². The van der Waals surface area contributed by atoms with E-state index in [0.717, 1.165) is 81.9 Å². The van der Waals surface area contributed by atoms with Crippen molar-refractivity contribution in [3.8, 4) is 11.1 Å². The third-order valence-corrected chi connectivity index (χ3v) is 8.95. The maximum atomic E-state index is 13.7. The van der Waals surface area contributed by atoms with Gasteiger partial charge in [0.2, 0.25) is 5.95 Å². The maximum Gasteiger partial charge on any atom is 0.416 e. The molecule has 3 aromatic carbocycles. The number of aromatic nitrogens is 2. The fraction of sp³-hybridized carbons (Fsp3) is 0.368. The number of alkyl halides is 3. The van der Waals surface area contributed by atoms with Gasteiger partial charge in [-0.05, 0) is 93.0 Å². The van der Waals surface area contributed by atoms with E-state index >= 15 is 0 Å². The van der Waals surface area contributed by atoms with Crippen LogP contribution < -0.4 is 15.5 Å². The minimum atomic E-state index is -4.48. The molecule has 0 radical (unpaired) electrons. The summed E-state index contributed by atoms with van der Waals surface area (Å²) < 4.78 is 39.7. The van der Waals surface area contributed by atoms with Crippen LogP contribution >= 0.6 is 0 Å². The topological polar surface area (TPSA) is 93.7 Å². The first-order valence-corrected chi connectivity index (χ1v) is 17.0. The van der Waals surface area contributed by atoms with Crippen molar-refractivity contribution >= 4 is 29.1 Å². The number of hydrogen-bond donors (Lipinski definition) is 2. The highest BCUT2D eigenvalue weighted by molar-refractivity contribution is 6.12. The van der Waals surface area contributed by atoms with E-state index in [-0.39, 0.29) is 17.4 Å². The number of halogens is 3. The quantitative estimate of drug-likeness (QED) is 0.151. The lowest BCUT2D eigenvalue weighted by Crippen LogP contribution is -2.32. The minimum absolute atomic E-state index is 0.0239. The number of hydrogen-bond acceptors (Lipinski definition) is 7. The van der Waals surface area contributed by atoms with Crippen LogP contribution in [-0.4, -0.2) is 77.9 Å². The molecule has 0 spiro atoms. The predicted octanol–water partition coefficient (Wildman–Crippen LogP) is 7.43. The third kappa shape index (κ3) is 9.66. The summed E-state index contributed by atoms with van der Waals surface area (Å²) in [5.74, 6) is -0.905. The van der Waals surface area contributed by atoms with Crippen LogP contribution in [0.5, 0.6) is 0 Å². The lowest BCUT2D eigenvalue weighted by Gasteiger charge is -2.29. The van der Waals surface area contributed by atoms with Crippen LogP contribution in [-0.2, 0) is 12.7 Å². The average molecular weight is 688 g/mol.